The van der Waals surface area contributed by atoms with Crippen molar-refractivity contribution in [2.24, 2.45) is 0 Å². The number of hydrogen-bond acceptors (Lipinski definition) is 3. The molecule has 3 nitrogen and oxygen atoms in total. The summed E-state index contributed by atoms with van der Waals surface area (Å²) in [7, 11) is 0. The molecule has 0 saturated heterocycles. The van der Waals surface area contributed by atoms with Crippen molar-refractivity contribution in [1.82, 2.24) is 0 Å². The van der Waals surface area contributed by atoms with E-state index in [2.05, 4.69) is 4.74 Å². The summed E-state index contributed by atoms with van der Waals surface area (Å²) in [6.45, 7) is 3.72. The average Bonchev–Trinajstić information content (AvgIpc) is 1.89. The highest BCUT2D eigenvalue weighted by molar-refractivity contribution is 5.76. The van der Waals surface area contributed by atoms with Gasteiger partial charge in [0, 0.05) is 0 Å². The smallest absolute Gasteiger partial charge is 0.338 e. The third-order valence-corrected chi connectivity index (χ3v) is 0.903. The fraction of sp³-hybridized carbons (Fsp3) is 0.571. The summed E-state index contributed by atoms with van der Waals surface area (Å²) in [5.41, 5.74) is 0. The molecular weight excluding hydrogens is 132 g/mol. The number of allylic oxidation sites excluding steroid dienone is 1. The van der Waals surface area contributed by atoms with Crippen LogP contribution in [0.1, 0.15) is 13.8 Å². The summed E-state index contributed by atoms with van der Waals surface area (Å²) >= 11 is 0. The number of ether oxygens (including phenoxy) is 1. The first-order valence-corrected chi connectivity index (χ1v) is 3.19. The van der Waals surface area contributed by atoms with Crippen molar-refractivity contribution >= 4 is 5.97 Å². The maximum absolute atomic E-state index is 10.6. The Morgan fingerprint density at radius 1 is 1.80 bits per heavy atom. The fourth-order valence-corrected chi connectivity index (χ4v) is 0.488. The number of hydrogen-bond donors (Lipinski definition) is 1. The van der Waals surface area contributed by atoms with E-state index in [1.54, 1.807) is 19.9 Å². The van der Waals surface area contributed by atoms with Gasteiger partial charge in [-0.15, -0.1) is 0 Å². The van der Waals surface area contributed by atoms with Crippen LogP contribution >= 0.6 is 0 Å². The van der Waals surface area contributed by atoms with Gasteiger partial charge in [-0.3, -0.25) is 0 Å². The van der Waals surface area contributed by atoms with Crippen LogP contribution in [0.2, 0.25) is 0 Å². The first-order chi connectivity index (χ1) is 4.72. The number of carbonyl (C=O) groups is 1. The van der Waals surface area contributed by atoms with Gasteiger partial charge in [0.1, 0.15) is 0 Å². The maximum atomic E-state index is 10.6. The fourth-order valence-electron chi connectivity index (χ4n) is 0.488. The van der Waals surface area contributed by atoms with Gasteiger partial charge < -0.3 is 9.84 Å². The summed E-state index contributed by atoms with van der Waals surface area (Å²) in [5.74, 6) is -0.597. The molecule has 0 bridgehead atoms. The van der Waals surface area contributed by atoms with Crippen LogP contribution in [0.3, 0.4) is 0 Å². The zero-order valence-electron chi connectivity index (χ0n) is 6.20. The SMILES string of the molecule is CC=CC(O)C(=O)OCC. The van der Waals surface area contributed by atoms with Crippen LogP contribution in [0.5, 0.6) is 0 Å². The summed E-state index contributed by atoms with van der Waals surface area (Å²) in [6, 6.07) is 0. The Labute approximate surface area is 60.3 Å². The van der Waals surface area contributed by atoms with Crippen molar-refractivity contribution < 1.29 is 14.6 Å². The highest BCUT2D eigenvalue weighted by Gasteiger charge is 2.10. The molecule has 0 aromatic rings. The predicted octanol–water partition coefficient (Wildman–Crippen LogP) is 0.486. The van der Waals surface area contributed by atoms with Gasteiger partial charge in [-0.2, -0.15) is 0 Å². The molecule has 0 radical (unpaired) electrons. The molecule has 0 aliphatic carbocycles. The van der Waals surface area contributed by atoms with Crippen LogP contribution < -0.4 is 0 Å². The van der Waals surface area contributed by atoms with E-state index < -0.39 is 12.1 Å². The Kier molecular flexibility index (Phi) is 4.58. The highest BCUT2D eigenvalue weighted by atomic mass is 16.5. The molecule has 0 heterocycles. The Morgan fingerprint density at radius 3 is 2.80 bits per heavy atom. The molecule has 1 atom stereocenters. The Balaban J connectivity index is 3.70. The molecule has 58 valence electrons. The zero-order chi connectivity index (χ0) is 7.98. The van der Waals surface area contributed by atoms with Crippen molar-refractivity contribution in [3.63, 3.8) is 0 Å². The van der Waals surface area contributed by atoms with Crippen molar-refractivity contribution in [3.05, 3.63) is 12.2 Å². The monoisotopic (exact) mass is 144 g/mol. The molecule has 0 aromatic carbocycles. The number of carbonyl (C=O) groups excluding carboxylic acids is 1. The first kappa shape index (κ1) is 9.17. The van der Waals surface area contributed by atoms with Crippen LogP contribution in [-0.2, 0) is 9.53 Å². The molecule has 0 aliphatic heterocycles. The van der Waals surface area contributed by atoms with Crippen molar-refractivity contribution in [1.29, 1.82) is 0 Å². The van der Waals surface area contributed by atoms with E-state index >= 15 is 0 Å². The van der Waals surface area contributed by atoms with E-state index in [0.29, 0.717) is 6.61 Å². The van der Waals surface area contributed by atoms with Gasteiger partial charge in [0.15, 0.2) is 6.10 Å². The van der Waals surface area contributed by atoms with E-state index in [4.69, 9.17) is 5.11 Å². The molecule has 0 amide bonds. The predicted molar refractivity (Wildman–Crippen MR) is 37.5 cm³/mol. The molecule has 0 aliphatic rings. The second-order valence-electron chi connectivity index (χ2n) is 1.72. The standard InChI is InChI=1S/C7H12O3/c1-3-5-6(8)7(9)10-4-2/h3,5-6,8H,4H2,1-2H3. The summed E-state index contributed by atoms with van der Waals surface area (Å²) in [5, 5.41) is 8.89. The maximum Gasteiger partial charge on any atom is 0.338 e. The Bertz CT molecular complexity index is 129. The topological polar surface area (TPSA) is 46.5 Å². The van der Waals surface area contributed by atoms with Gasteiger partial charge in [0.2, 0.25) is 0 Å². The molecule has 0 fully saturated rings. The Hall–Kier alpha value is -0.830. The van der Waals surface area contributed by atoms with Crippen LogP contribution in [0.25, 0.3) is 0 Å². The molecular formula is C7H12O3. The van der Waals surface area contributed by atoms with Gasteiger partial charge >= 0.3 is 5.97 Å². The quantitative estimate of drug-likeness (QED) is 0.463. The first-order valence-electron chi connectivity index (χ1n) is 3.19. The third-order valence-electron chi connectivity index (χ3n) is 0.903. The van der Waals surface area contributed by atoms with E-state index in [0.717, 1.165) is 0 Å². The van der Waals surface area contributed by atoms with Crippen molar-refractivity contribution in [2.75, 3.05) is 6.61 Å². The van der Waals surface area contributed by atoms with Crippen molar-refractivity contribution in [3.8, 4) is 0 Å². The summed E-state index contributed by atoms with van der Waals surface area (Å²) < 4.78 is 4.52. The minimum atomic E-state index is -1.11. The van der Waals surface area contributed by atoms with Crippen LogP contribution in [-0.4, -0.2) is 23.8 Å². The molecule has 0 spiro atoms. The lowest BCUT2D eigenvalue weighted by molar-refractivity contribution is -0.150. The molecule has 0 rings (SSSR count). The molecule has 1 N–H and O–H groups in total. The Morgan fingerprint density at radius 2 is 2.40 bits per heavy atom. The number of aliphatic hydroxyl groups is 1. The summed E-state index contributed by atoms with van der Waals surface area (Å²) in [6.07, 6.45) is 1.87. The normalized spacial score (nSPS) is 13.5. The number of esters is 1. The molecule has 0 saturated carbocycles. The third kappa shape index (κ3) is 3.25. The van der Waals surface area contributed by atoms with E-state index in [9.17, 15) is 4.79 Å². The molecule has 3 heteroatoms. The van der Waals surface area contributed by atoms with Crippen molar-refractivity contribution in [2.45, 2.75) is 20.0 Å². The van der Waals surface area contributed by atoms with E-state index in [1.165, 1.54) is 6.08 Å². The van der Waals surface area contributed by atoms with E-state index in [-0.39, 0.29) is 0 Å². The van der Waals surface area contributed by atoms with Crippen LogP contribution in [0.15, 0.2) is 12.2 Å². The second kappa shape index (κ2) is 4.99. The van der Waals surface area contributed by atoms with Gasteiger partial charge in [-0.05, 0) is 19.9 Å². The number of aliphatic hydroxyl groups excluding tert-OH is 1. The second-order valence-corrected chi connectivity index (χ2v) is 1.72. The van der Waals surface area contributed by atoms with Gasteiger partial charge in [0.05, 0.1) is 6.61 Å². The van der Waals surface area contributed by atoms with Gasteiger partial charge in [-0.25, -0.2) is 4.79 Å². The largest absolute Gasteiger partial charge is 0.464 e. The van der Waals surface area contributed by atoms with Gasteiger partial charge in [-0.1, -0.05) is 6.08 Å². The molecule has 0 aromatic heterocycles. The van der Waals surface area contributed by atoms with Crippen LogP contribution in [0, 0.1) is 0 Å². The minimum absolute atomic E-state index is 0.299. The lowest BCUT2D eigenvalue weighted by Crippen LogP contribution is -2.20. The zero-order valence-corrected chi connectivity index (χ0v) is 6.20. The van der Waals surface area contributed by atoms with E-state index in [1.807, 2.05) is 0 Å². The number of rotatable bonds is 3. The highest BCUT2D eigenvalue weighted by Crippen LogP contribution is 1.89. The molecule has 1 unspecified atom stereocenters. The lowest BCUT2D eigenvalue weighted by Gasteiger charge is -2.03. The molecule has 10 heavy (non-hydrogen) atoms. The average molecular weight is 144 g/mol. The summed E-state index contributed by atoms with van der Waals surface area (Å²) in [4.78, 5) is 10.6. The van der Waals surface area contributed by atoms with Gasteiger partial charge in [0.25, 0.3) is 0 Å². The minimum Gasteiger partial charge on any atom is -0.464 e. The lowest BCUT2D eigenvalue weighted by atomic mass is 10.3. The van der Waals surface area contributed by atoms with Crippen LogP contribution in [0.4, 0.5) is 0 Å².